The van der Waals surface area contributed by atoms with E-state index in [2.05, 4.69) is 25.9 Å². The minimum absolute atomic E-state index is 0.0188. The molecule has 1 aliphatic rings. The maximum atomic E-state index is 14.3. The van der Waals surface area contributed by atoms with Crippen LogP contribution in [-0.2, 0) is 17.9 Å². The average molecular weight is 436 g/mol. The van der Waals surface area contributed by atoms with E-state index < -0.39 is 17.7 Å². The minimum atomic E-state index is -0.764. The number of ether oxygens (including phenoxy) is 2. The van der Waals surface area contributed by atoms with Crippen LogP contribution in [0.15, 0.2) is 34.9 Å². The molecule has 0 radical (unpaired) electrons. The molecule has 0 fully saturated rings. The molecular weight excluding hydrogens is 424 g/mol. The van der Waals surface area contributed by atoms with Crippen molar-refractivity contribution in [3.8, 4) is 5.88 Å². The largest absolute Gasteiger partial charge is 0.481 e. The van der Waals surface area contributed by atoms with Crippen LogP contribution in [0.25, 0.3) is 11.0 Å². The Bertz CT molecular complexity index is 1050. The highest BCUT2D eigenvalue weighted by atomic mass is 79.9. The minimum Gasteiger partial charge on any atom is -0.481 e. The first-order valence-electron chi connectivity index (χ1n) is 7.88. The average Bonchev–Trinajstić information content (AvgIpc) is 2.65. The van der Waals surface area contributed by atoms with Crippen LogP contribution in [0, 0.1) is 11.6 Å². The molecular formula is C18H12BrF2N3O3. The Labute approximate surface area is 160 Å². The maximum Gasteiger partial charge on any atom is 0.414 e. The van der Waals surface area contributed by atoms with Gasteiger partial charge in [0.25, 0.3) is 0 Å². The number of hydrogen-bond donors (Lipinski definition) is 0. The normalized spacial score (nSPS) is 13.5. The summed E-state index contributed by atoms with van der Waals surface area (Å²) in [4.78, 5) is 22.1. The number of nitrogens with zero attached hydrogens (tertiary/aromatic N) is 3. The second-order valence-electron chi connectivity index (χ2n) is 5.85. The van der Waals surface area contributed by atoms with Gasteiger partial charge in [0.1, 0.15) is 18.2 Å². The zero-order valence-corrected chi connectivity index (χ0v) is 15.6. The smallest absolute Gasteiger partial charge is 0.414 e. The second-order valence-corrected chi connectivity index (χ2v) is 6.76. The molecule has 1 aliphatic heterocycles. The fraction of sp³-hybridized carbons (Fsp3) is 0.167. The highest BCUT2D eigenvalue weighted by Gasteiger charge is 2.30. The number of carbonyl (C=O) groups excluding carboxylic acids is 1. The number of carbonyl (C=O) groups is 1. The Morgan fingerprint density at radius 2 is 2.04 bits per heavy atom. The van der Waals surface area contributed by atoms with E-state index in [9.17, 15) is 13.6 Å². The van der Waals surface area contributed by atoms with E-state index in [0.717, 1.165) is 12.1 Å². The van der Waals surface area contributed by atoms with Gasteiger partial charge < -0.3 is 9.47 Å². The third kappa shape index (κ3) is 3.08. The van der Waals surface area contributed by atoms with Crippen LogP contribution in [0.5, 0.6) is 5.88 Å². The highest BCUT2D eigenvalue weighted by molar-refractivity contribution is 9.10. The molecule has 1 aromatic carbocycles. The van der Waals surface area contributed by atoms with Crippen molar-refractivity contribution in [2.24, 2.45) is 0 Å². The lowest BCUT2D eigenvalue weighted by molar-refractivity contribution is 0.141. The lowest BCUT2D eigenvalue weighted by atomic mass is 10.1. The van der Waals surface area contributed by atoms with Crippen molar-refractivity contribution in [2.45, 2.75) is 13.2 Å². The van der Waals surface area contributed by atoms with Gasteiger partial charge in [0.2, 0.25) is 5.88 Å². The molecule has 3 heterocycles. The molecule has 2 aromatic heterocycles. The number of methoxy groups -OCH3 is 1. The van der Waals surface area contributed by atoms with Crippen LogP contribution in [0.1, 0.15) is 11.1 Å². The SMILES string of the molecule is COc1ccc2c3c(cnc2n1)COC(=O)N3Cc1c(F)cc(Br)cc1F. The van der Waals surface area contributed by atoms with Gasteiger partial charge >= 0.3 is 6.09 Å². The number of cyclic esters (lactones) is 1. The van der Waals surface area contributed by atoms with Gasteiger partial charge in [0.15, 0.2) is 5.65 Å². The first-order valence-corrected chi connectivity index (χ1v) is 8.67. The van der Waals surface area contributed by atoms with E-state index in [1.54, 1.807) is 12.1 Å². The van der Waals surface area contributed by atoms with Crippen molar-refractivity contribution < 1.29 is 23.0 Å². The molecule has 0 saturated heterocycles. The van der Waals surface area contributed by atoms with Crippen molar-refractivity contribution in [3.05, 3.63) is 57.7 Å². The molecule has 0 bridgehead atoms. The number of fused-ring (bicyclic) bond motifs is 3. The van der Waals surface area contributed by atoms with Crippen LogP contribution in [0.4, 0.5) is 19.3 Å². The predicted molar refractivity (Wildman–Crippen MR) is 96.5 cm³/mol. The van der Waals surface area contributed by atoms with Gasteiger partial charge in [0, 0.05) is 33.2 Å². The van der Waals surface area contributed by atoms with Crippen LogP contribution in [0.3, 0.4) is 0 Å². The van der Waals surface area contributed by atoms with E-state index in [4.69, 9.17) is 9.47 Å². The van der Waals surface area contributed by atoms with Gasteiger partial charge in [-0.05, 0) is 18.2 Å². The van der Waals surface area contributed by atoms with E-state index >= 15 is 0 Å². The molecule has 6 nitrogen and oxygen atoms in total. The topological polar surface area (TPSA) is 64.6 Å². The summed E-state index contributed by atoms with van der Waals surface area (Å²) in [7, 11) is 1.48. The Morgan fingerprint density at radius 1 is 1.30 bits per heavy atom. The second kappa shape index (κ2) is 6.73. The number of amides is 1. The molecule has 4 rings (SSSR count). The lowest BCUT2D eigenvalue weighted by Crippen LogP contribution is -2.36. The summed E-state index contributed by atoms with van der Waals surface area (Å²) in [5.74, 6) is -1.16. The van der Waals surface area contributed by atoms with Gasteiger partial charge in [-0.15, -0.1) is 0 Å². The first kappa shape index (κ1) is 17.6. The molecule has 27 heavy (non-hydrogen) atoms. The van der Waals surface area contributed by atoms with E-state index in [-0.39, 0.29) is 23.2 Å². The number of halogens is 3. The molecule has 0 unspecified atom stereocenters. The zero-order valence-electron chi connectivity index (χ0n) is 14.0. The summed E-state index contributed by atoms with van der Waals surface area (Å²) in [6.07, 6.45) is 0.824. The fourth-order valence-corrected chi connectivity index (χ4v) is 3.36. The Hall–Kier alpha value is -2.81. The summed E-state index contributed by atoms with van der Waals surface area (Å²) >= 11 is 3.04. The Kier molecular flexibility index (Phi) is 4.39. The number of aromatic nitrogens is 2. The van der Waals surface area contributed by atoms with Crippen LogP contribution in [0.2, 0.25) is 0 Å². The Balaban J connectivity index is 1.86. The number of benzene rings is 1. The third-order valence-electron chi connectivity index (χ3n) is 4.22. The monoisotopic (exact) mass is 435 g/mol. The predicted octanol–water partition coefficient (Wildman–Crippen LogP) is 4.34. The summed E-state index contributed by atoms with van der Waals surface area (Å²) in [6, 6.07) is 5.62. The van der Waals surface area contributed by atoms with Crippen LogP contribution in [-0.4, -0.2) is 23.2 Å². The highest BCUT2D eigenvalue weighted by Crippen LogP contribution is 2.35. The van der Waals surface area contributed by atoms with E-state index in [1.807, 2.05) is 0 Å². The van der Waals surface area contributed by atoms with E-state index in [1.165, 1.54) is 18.2 Å². The first-order chi connectivity index (χ1) is 13.0. The number of rotatable bonds is 3. The number of hydrogen-bond acceptors (Lipinski definition) is 5. The number of pyridine rings is 2. The summed E-state index contributed by atoms with van der Waals surface area (Å²) in [6.45, 7) is -0.313. The summed E-state index contributed by atoms with van der Waals surface area (Å²) < 4.78 is 39.1. The molecule has 0 spiro atoms. The Morgan fingerprint density at radius 3 is 2.74 bits per heavy atom. The molecule has 138 valence electrons. The van der Waals surface area contributed by atoms with Gasteiger partial charge in [-0.3, -0.25) is 4.90 Å². The maximum absolute atomic E-state index is 14.3. The molecule has 0 saturated carbocycles. The van der Waals surface area contributed by atoms with E-state index in [0.29, 0.717) is 28.2 Å². The molecule has 1 amide bonds. The molecule has 0 aliphatic carbocycles. The zero-order chi connectivity index (χ0) is 19.1. The van der Waals surface area contributed by atoms with Gasteiger partial charge in [-0.2, -0.15) is 4.98 Å². The van der Waals surface area contributed by atoms with Gasteiger partial charge in [0.05, 0.1) is 19.3 Å². The number of anilines is 1. The van der Waals surface area contributed by atoms with Crippen molar-refractivity contribution in [3.63, 3.8) is 0 Å². The standard InChI is InChI=1S/C18H12BrF2N3O3/c1-26-15-3-2-11-16-9(6-22-17(11)23-15)8-27-18(25)24(16)7-12-13(20)4-10(19)5-14(12)21/h2-6H,7-8H2,1H3. The molecule has 9 heteroatoms. The van der Waals surface area contributed by atoms with Crippen LogP contribution < -0.4 is 9.64 Å². The summed E-state index contributed by atoms with van der Waals surface area (Å²) in [5, 5.41) is 0.558. The van der Waals surface area contributed by atoms with Crippen molar-refractivity contribution in [1.82, 2.24) is 9.97 Å². The van der Waals surface area contributed by atoms with Crippen LogP contribution >= 0.6 is 15.9 Å². The molecule has 0 N–H and O–H groups in total. The fourth-order valence-electron chi connectivity index (χ4n) is 2.96. The third-order valence-corrected chi connectivity index (χ3v) is 4.68. The van der Waals surface area contributed by atoms with Crippen molar-refractivity contribution >= 4 is 38.7 Å². The van der Waals surface area contributed by atoms with Gasteiger partial charge in [-0.25, -0.2) is 18.6 Å². The van der Waals surface area contributed by atoms with Crippen molar-refractivity contribution in [2.75, 3.05) is 12.0 Å². The lowest BCUT2D eigenvalue weighted by Gasteiger charge is -2.30. The molecule has 0 atom stereocenters. The molecule has 3 aromatic rings. The van der Waals surface area contributed by atoms with Gasteiger partial charge in [-0.1, -0.05) is 15.9 Å². The summed E-state index contributed by atoms with van der Waals surface area (Å²) in [5.41, 5.74) is 1.19. The van der Waals surface area contributed by atoms with Crippen molar-refractivity contribution in [1.29, 1.82) is 0 Å². The quantitative estimate of drug-likeness (QED) is 0.612.